The van der Waals surface area contributed by atoms with Gasteiger partial charge in [-0.15, -0.1) is 0 Å². The lowest BCUT2D eigenvalue weighted by atomic mass is 10.1. The van der Waals surface area contributed by atoms with Gasteiger partial charge in [0.15, 0.2) is 0 Å². The summed E-state index contributed by atoms with van der Waals surface area (Å²) in [4.78, 5) is 12.6. The van der Waals surface area contributed by atoms with Gasteiger partial charge in [-0.1, -0.05) is 12.1 Å². The fourth-order valence-corrected chi connectivity index (χ4v) is 1.73. The molecule has 0 atom stereocenters. The van der Waals surface area contributed by atoms with Gasteiger partial charge in [-0.05, 0) is 17.7 Å². The zero-order valence-corrected chi connectivity index (χ0v) is 11.0. The van der Waals surface area contributed by atoms with Crippen LogP contribution in [0.15, 0.2) is 24.3 Å². The van der Waals surface area contributed by atoms with Gasteiger partial charge < -0.3 is 14.7 Å². The minimum atomic E-state index is -4.50. The first-order valence-corrected chi connectivity index (χ1v) is 5.92. The molecule has 0 aromatic heterocycles. The Labute approximate surface area is 114 Å². The van der Waals surface area contributed by atoms with Gasteiger partial charge in [0.05, 0.1) is 13.2 Å². The van der Waals surface area contributed by atoms with E-state index >= 15 is 0 Å². The highest BCUT2D eigenvalue weighted by atomic mass is 19.4. The Bertz CT molecular complexity index is 449. The number of nitrogens with zero attached hydrogens (tertiary/aromatic N) is 1. The third-order valence-electron chi connectivity index (χ3n) is 2.51. The molecular formula is C13H16F3NO3. The number of halogens is 3. The zero-order valence-electron chi connectivity index (χ0n) is 11.0. The topological polar surface area (TPSA) is 49.8 Å². The van der Waals surface area contributed by atoms with Crippen molar-refractivity contribution in [2.75, 3.05) is 26.8 Å². The number of ether oxygens (including phenoxy) is 1. The van der Waals surface area contributed by atoms with Crippen LogP contribution in [0, 0.1) is 0 Å². The molecule has 7 heteroatoms. The Hall–Kier alpha value is -1.60. The Morgan fingerprint density at radius 3 is 2.65 bits per heavy atom. The minimum Gasteiger partial charge on any atom is -0.395 e. The molecular weight excluding hydrogens is 275 g/mol. The molecule has 1 amide bonds. The molecule has 0 heterocycles. The van der Waals surface area contributed by atoms with Gasteiger partial charge in [0.2, 0.25) is 0 Å². The highest BCUT2D eigenvalue weighted by Gasteiger charge is 2.33. The summed E-state index contributed by atoms with van der Waals surface area (Å²) in [6.07, 6.45) is -4.50. The van der Waals surface area contributed by atoms with Gasteiger partial charge in [-0.25, -0.2) is 0 Å². The second-order valence-corrected chi connectivity index (χ2v) is 4.20. The largest absolute Gasteiger partial charge is 0.406 e. The number of carbonyl (C=O) groups excluding carboxylic acids is 1. The van der Waals surface area contributed by atoms with Crippen molar-refractivity contribution in [1.82, 2.24) is 4.90 Å². The smallest absolute Gasteiger partial charge is 0.395 e. The summed E-state index contributed by atoms with van der Waals surface area (Å²) in [5, 5.41) is 8.79. The van der Waals surface area contributed by atoms with Crippen molar-refractivity contribution in [1.29, 1.82) is 0 Å². The van der Waals surface area contributed by atoms with Gasteiger partial charge >= 0.3 is 6.18 Å². The fraction of sp³-hybridized carbons (Fsp3) is 0.462. The van der Waals surface area contributed by atoms with Crippen LogP contribution in [-0.2, 0) is 11.3 Å². The molecule has 0 aliphatic heterocycles. The normalized spacial score (nSPS) is 11.4. The van der Waals surface area contributed by atoms with Gasteiger partial charge in [0.25, 0.3) is 5.91 Å². The van der Waals surface area contributed by atoms with Crippen LogP contribution in [0.25, 0.3) is 0 Å². The zero-order chi connectivity index (χ0) is 15.2. The summed E-state index contributed by atoms with van der Waals surface area (Å²) >= 11 is 0. The number of hydrogen-bond acceptors (Lipinski definition) is 3. The molecule has 0 unspecified atom stereocenters. The van der Waals surface area contributed by atoms with Crippen LogP contribution in [0.4, 0.5) is 13.2 Å². The highest BCUT2D eigenvalue weighted by Crippen LogP contribution is 2.18. The van der Waals surface area contributed by atoms with Gasteiger partial charge in [-0.2, -0.15) is 13.2 Å². The fourth-order valence-electron chi connectivity index (χ4n) is 1.73. The van der Waals surface area contributed by atoms with Crippen LogP contribution < -0.4 is 0 Å². The predicted molar refractivity (Wildman–Crippen MR) is 66.2 cm³/mol. The maximum atomic E-state index is 12.4. The lowest BCUT2D eigenvalue weighted by molar-refractivity contribution is -0.141. The van der Waals surface area contributed by atoms with Crippen molar-refractivity contribution in [3.05, 3.63) is 35.4 Å². The Kier molecular flexibility index (Phi) is 5.97. The molecule has 1 aromatic rings. The summed E-state index contributed by atoms with van der Waals surface area (Å²) in [6, 6.07) is 6.20. The second kappa shape index (κ2) is 7.25. The summed E-state index contributed by atoms with van der Waals surface area (Å²) in [5.41, 5.74) is 0.826. The number of carbonyl (C=O) groups is 1. The third-order valence-corrected chi connectivity index (χ3v) is 2.51. The van der Waals surface area contributed by atoms with Crippen LogP contribution in [0.1, 0.15) is 15.9 Å². The van der Waals surface area contributed by atoms with Crippen molar-refractivity contribution in [3.63, 3.8) is 0 Å². The van der Waals surface area contributed by atoms with Crippen molar-refractivity contribution in [2.24, 2.45) is 0 Å². The number of methoxy groups -OCH3 is 1. The first-order valence-electron chi connectivity index (χ1n) is 5.92. The molecule has 0 aliphatic carbocycles. The maximum Gasteiger partial charge on any atom is 0.406 e. The Morgan fingerprint density at radius 2 is 2.10 bits per heavy atom. The third kappa shape index (κ3) is 5.18. The van der Waals surface area contributed by atoms with Gasteiger partial charge in [0.1, 0.15) is 6.54 Å². The van der Waals surface area contributed by atoms with E-state index in [0.29, 0.717) is 10.5 Å². The van der Waals surface area contributed by atoms with E-state index < -0.39 is 25.2 Å². The average Bonchev–Trinajstić information content (AvgIpc) is 2.36. The molecule has 1 rings (SSSR count). The molecule has 0 fully saturated rings. The number of rotatable bonds is 6. The Balaban J connectivity index is 2.91. The number of alkyl halides is 3. The maximum absolute atomic E-state index is 12.4. The molecule has 20 heavy (non-hydrogen) atoms. The molecule has 1 N–H and O–H groups in total. The quantitative estimate of drug-likeness (QED) is 0.870. The Morgan fingerprint density at radius 1 is 1.40 bits per heavy atom. The number of aliphatic hydroxyl groups excluding tert-OH is 1. The molecule has 112 valence electrons. The molecule has 0 radical (unpaired) electrons. The lowest BCUT2D eigenvalue weighted by Crippen LogP contribution is -2.40. The van der Waals surface area contributed by atoms with E-state index in [1.54, 1.807) is 12.1 Å². The summed E-state index contributed by atoms with van der Waals surface area (Å²) in [5.74, 6) is -0.769. The van der Waals surface area contributed by atoms with E-state index in [-0.39, 0.29) is 18.7 Å². The first-order chi connectivity index (χ1) is 9.37. The van der Waals surface area contributed by atoms with Crippen LogP contribution in [-0.4, -0.2) is 48.9 Å². The monoisotopic (exact) mass is 291 g/mol. The predicted octanol–water partition coefficient (Wildman–Crippen LogP) is 1.83. The molecule has 0 spiro atoms. The van der Waals surface area contributed by atoms with Crippen molar-refractivity contribution in [2.45, 2.75) is 12.8 Å². The van der Waals surface area contributed by atoms with Crippen LogP contribution >= 0.6 is 0 Å². The average molecular weight is 291 g/mol. The van der Waals surface area contributed by atoms with Gasteiger partial charge in [0, 0.05) is 19.2 Å². The molecule has 1 aromatic carbocycles. The van der Waals surface area contributed by atoms with E-state index in [0.717, 1.165) is 0 Å². The lowest BCUT2D eigenvalue weighted by Gasteiger charge is -2.23. The van der Waals surface area contributed by atoms with E-state index in [1.807, 2.05) is 0 Å². The van der Waals surface area contributed by atoms with Crippen molar-refractivity contribution in [3.8, 4) is 0 Å². The highest BCUT2D eigenvalue weighted by molar-refractivity contribution is 5.94. The standard InChI is InChI=1S/C13H16F3NO3/c1-20-8-10-3-2-4-11(7-10)12(19)17(5-6-18)9-13(14,15)16/h2-4,7,18H,5-6,8-9H2,1H3. The SMILES string of the molecule is COCc1cccc(C(=O)N(CCO)CC(F)(F)F)c1. The number of aliphatic hydroxyl groups is 1. The summed E-state index contributed by atoms with van der Waals surface area (Å²) < 4.78 is 42.1. The van der Waals surface area contributed by atoms with E-state index in [2.05, 4.69) is 0 Å². The molecule has 4 nitrogen and oxygen atoms in total. The summed E-state index contributed by atoms with van der Waals surface area (Å²) in [7, 11) is 1.48. The second-order valence-electron chi connectivity index (χ2n) is 4.20. The molecule has 0 bridgehead atoms. The van der Waals surface area contributed by atoms with Crippen LogP contribution in [0.3, 0.4) is 0 Å². The van der Waals surface area contributed by atoms with E-state index in [9.17, 15) is 18.0 Å². The summed E-state index contributed by atoms with van der Waals surface area (Å²) in [6.45, 7) is -2.02. The van der Waals surface area contributed by atoms with Gasteiger partial charge in [-0.3, -0.25) is 4.79 Å². The minimum absolute atomic E-state index is 0.136. The van der Waals surface area contributed by atoms with Crippen molar-refractivity contribution >= 4 is 5.91 Å². The first kappa shape index (κ1) is 16.5. The van der Waals surface area contributed by atoms with Crippen molar-refractivity contribution < 1.29 is 27.8 Å². The molecule has 0 saturated carbocycles. The number of amides is 1. The van der Waals surface area contributed by atoms with Crippen LogP contribution in [0.2, 0.25) is 0 Å². The van der Waals surface area contributed by atoms with E-state index in [4.69, 9.17) is 9.84 Å². The van der Waals surface area contributed by atoms with Crippen LogP contribution in [0.5, 0.6) is 0 Å². The molecule has 0 aliphatic rings. The van der Waals surface area contributed by atoms with E-state index in [1.165, 1.54) is 19.2 Å². The number of benzene rings is 1. The molecule has 0 saturated heterocycles. The number of hydrogen-bond donors (Lipinski definition) is 1.